The summed E-state index contributed by atoms with van der Waals surface area (Å²) in [5.74, 6) is 0.927. The third kappa shape index (κ3) is 3.80. The van der Waals surface area contributed by atoms with Crippen LogP contribution in [0.4, 0.5) is 0 Å². The molecule has 0 aromatic carbocycles. The van der Waals surface area contributed by atoms with E-state index in [0.717, 1.165) is 12.5 Å². The SMILES string of the molecule is CNCCC1CCN(C(C)c2ccc(Br)s2)CC1. The van der Waals surface area contributed by atoms with Gasteiger partial charge in [-0.2, -0.15) is 0 Å². The first-order valence-electron chi connectivity index (χ1n) is 6.84. The molecule has 1 saturated heterocycles. The molecule has 4 heteroatoms. The van der Waals surface area contributed by atoms with E-state index in [1.54, 1.807) is 0 Å². The minimum absolute atomic E-state index is 0.576. The summed E-state index contributed by atoms with van der Waals surface area (Å²) in [6.45, 7) is 6.01. The van der Waals surface area contributed by atoms with Gasteiger partial charge in [0.25, 0.3) is 0 Å². The second-order valence-electron chi connectivity index (χ2n) is 5.19. The van der Waals surface area contributed by atoms with Crippen molar-refractivity contribution >= 4 is 27.3 Å². The van der Waals surface area contributed by atoms with Gasteiger partial charge in [0.2, 0.25) is 0 Å². The zero-order valence-electron chi connectivity index (χ0n) is 11.3. The van der Waals surface area contributed by atoms with E-state index in [1.807, 2.05) is 18.4 Å². The van der Waals surface area contributed by atoms with Crippen molar-refractivity contribution in [2.24, 2.45) is 5.92 Å². The summed E-state index contributed by atoms with van der Waals surface area (Å²) in [4.78, 5) is 4.12. The van der Waals surface area contributed by atoms with Gasteiger partial charge in [0.15, 0.2) is 0 Å². The number of hydrogen-bond donors (Lipinski definition) is 1. The topological polar surface area (TPSA) is 15.3 Å². The molecule has 2 nitrogen and oxygen atoms in total. The molecule has 1 aliphatic heterocycles. The lowest BCUT2D eigenvalue weighted by molar-refractivity contribution is 0.139. The maximum Gasteiger partial charge on any atom is 0.0701 e. The lowest BCUT2D eigenvalue weighted by atomic mass is 9.92. The van der Waals surface area contributed by atoms with Crippen molar-refractivity contribution in [3.8, 4) is 0 Å². The molecule has 0 aliphatic carbocycles. The molecule has 1 N–H and O–H groups in total. The first-order chi connectivity index (χ1) is 8.70. The fourth-order valence-corrected chi connectivity index (χ4v) is 4.22. The molecular formula is C14H23BrN2S. The van der Waals surface area contributed by atoms with E-state index in [9.17, 15) is 0 Å². The Morgan fingerprint density at radius 2 is 2.17 bits per heavy atom. The van der Waals surface area contributed by atoms with Gasteiger partial charge >= 0.3 is 0 Å². The van der Waals surface area contributed by atoms with Crippen LogP contribution in [0, 0.1) is 5.92 Å². The summed E-state index contributed by atoms with van der Waals surface area (Å²) in [6.07, 6.45) is 4.06. The molecule has 1 aromatic rings. The lowest BCUT2D eigenvalue weighted by Crippen LogP contribution is -2.36. The quantitative estimate of drug-likeness (QED) is 0.880. The Hall–Kier alpha value is 0.1000. The van der Waals surface area contributed by atoms with Crippen molar-refractivity contribution in [2.75, 3.05) is 26.7 Å². The fraction of sp³-hybridized carbons (Fsp3) is 0.714. The molecule has 2 heterocycles. The molecule has 1 fully saturated rings. The van der Waals surface area contributed by atoms with Gasteiger partial charge in [-0.1, -0.05) is 0 Å². The first kappa shape index (κ1) is 14.5. The largest absolute Gasteiger partial charge is 0.320 e. The predicted molar refractivity (Wildman–Crippen MR) is 83.3 cm³/mol. The van der Waals surface area contributed by atoms with Crippen molar-refractivity contribution in [2.45, 2.75) is 32.2 Å². The van der Waals surface area contributed by atoms with Crippen LogP contribution in [0.5, 0.6) is 0 Å². The summed E-state index contributed by atoms with van der Waals surface area (Å²) in [5.41, 5.74) is 0. The van der Waals surface area contributed by atoms with Crippen LogP contribution in [0.1, 0.15) is 37.1 Å². The van der Waals surface area contributed by atoms with E-state index in [-0.39, 0.29) is 0 Å². The molecule has 0 bridgehead atoms. The zero-order valence-corrected chi connectivity index (χ0v) is 13.7. The number of nitrogens with zero attached hydrogens (tertiary/aromatic N) is 1. The Morgan fingerprint density at radius 1 is 1.44 bits per heavy atom. The van der Waals surface area contributed by atoms with Gasteiger partial charge in [0, 0.05) is 10.9 Å². The average molecular weight is 331 g/mol. The van der Waals surface area contributed by atoms with Crippen LogP contribution in [0.15, 0.2) is 15.9 Å². The maximum atomic E-state index is 3.56. The van der Waals surface area contributed by atoms with Crippen LogP contribution >= 0.6 is 27.3 Å². The Morgan fingerprint density at radius 3 is 2.72 bits per heavy atom. The van der Waals surface area contributed by atoms with Crippen molar-refractivity contribution in [1.82, 2.24) is 10.2 Å². The molecule has 2 rings (SSSR count). The highest BCUT2D eigenvalue weighted by atomic mass is 79.9. The van der Waals surface area contributed by atoms with Crippen LogP contribution in [0.3, 0.4) is 0 Å². The van der Waals surface area contributed by atoms with Crippen LogP contribution in [0.25, 0.3) is 0 Å². The predicted octanol–water partition coefficient (Wildman–Crippen LogP) is 3.89. The number of thiophene rings is 1. The van der Waals surface area contributed by atoms with Crippen molar-refractivity contribution < 1.29 is 0 Å². The van der Waals surface area contributed by atoms with Crippen LogP contribution in [-0.4, -0.2) is 31.6 Å². The standard InChI is InChI=1S/C14H23BrN2S/c1-11(13-3-4-14(15)18-13)17-9-6-12(7-10-17)5-8-16-2/h3-4,11-12,16H,5-10H2,1-2H3. The number of likely N-dealkylation sites (tertiary alicyclic amines) is 1. The van der Waals surface area contributed by atoms with Crippen LogP contribution in [0.2, 0.25) is 0 Å². The molecule has 1 atom stereocenters. The Balaban J connectivity index is 1.82. The summed E-state index contributed by atoms with van der Waals surface area (Å²) in [5, 5.41) is 3.26. The van der Waals surface area contributed by atoms with Crippen molar-refractivity contribution in [1.29, 1.82) is 0 Å². The number of hydrogen-bond acceptors (Lipinski definition) is 3. The van der Waals surface area contributed by atoms with Crippen molar-refractivity contribution in [3.63, 3.8) is 0 Å². The Bertz CT molecular complexity index is 358. The molecular weight excluding hydrogens is 308 g/mol. The molecule has 0 saturated carbocycles. The molecule has 18 heavy (non-hydrogen) atoms. The molecule has 0 amide bonds. The van der Waals surface area contributed by atoms with Gasteiger partial charge in [0.1, 0.15) is 0 Å². The Kier molecular flexibility index (Phi) is 5.67. The molecule has 0 spiro atoms. The molecule has 1 aliphatic rings. The smallest absolute Gasteiger partial charge is 0.0701 e. The third-order valence-corrected chi connectivity index (χ3v) is 5.80. The van der Waals surface area contributed by atoms with Gasteiger partial charge in [-0.3, -0.25) is 4.90 Å². The summed E-state index contributed by atoms with van der Waals surface area (Å²) in [7, 11) is 2.05. The van der Waals surface area contributed by atoms with Gasteiger partial charge in [-0.25, -0.2) is 0 Å². The van der Waals surface area contributed by atoms with Crippen molar-refractivity contribution in [3.05, 3.63) is 20.8 Å². The first-order valence-corrected chi connectivity index (χ1v) is 8.45. The van der Waals surface area contributed by atoms with Gasteiger partial charge in [-0.05, 0) is 86.8 Å². The number of piperidine rings is 1. The summed E-state index contributed by atoms with van der Waals surface area (Å²) in [6, 6.07) is 4.99. The zero-order chi connectivity index (χ0) is 13.0. The highest BCUT2D eigenvalue weighted by Gasteiger charge is 2.23. The molecule has 102 valence electrons. The summed E-state index contributed by atoms with van der Waals surface area (Å²) >= 11 is 5.42. The minimum atomic E-state index is 0.576. The Labute approximate surface area is 123 Å². The molecule has 1 unspecified atom stereocenters. The normalized spacial score (nSPS) is 20.2. The highest BCUT2D eigenvalue weighted by Crippen LogP contribution is 2.33. The average Bonchev–Trinajstić information content (AvgIpc) is 2.83. The maximum absolute atomic E-state index is 3.56. The fourth-order valence-electron chi connectivity index (χ4n) is 2.71. The van der Waals surface area contributed by atoms with E-state index in [0.29, 0.717) is 6.04 Å². The van der Waals surface area contributed by atoms with E-state index in [1.165, 1.54) is 41.0 Å². The second-order valence-corrected chi connectivity index (χ2v) is 7.68. The third-order valence-electron chi connectivity index (χ3n) is 4.01. The molecule has 0 radical (unpaired) electrons. The van der Waals surface area contributed by atoms with E-state index >= 15 is 0 Å². The number of halogens is 1. The minimum Gasteiger partial charge on any atom is -0.320 e. The second kappa shape index (κ2) is 7.04. The van der Waals surface area contributed by atoms with E-state index in [4.69, 9.17) is 0 Å². The van der Waals surface area contributed by atoms with E-state index in [2.05, 4.69) is 45.2 Å². The number of nitrogens with one attached hydrogen (secondary N) is 1. The number of rotatable bonds is 5. The van der Waals surface area contributed by atoms with E-state index < -0.39 is 0 Å². The monoisotopic (exact) mass is 330 g/mol. The van der Waals surface area contributed by atoms with Gasteiger partial charge in [0.05, 0.1) is 3.79 Å². The van der Waals surface area contributed by atoms with Crippen LogP contribution < -0.4 is 5.32 Å². The van der Waals surface area contributed by atoms with Gasteiger partial charge < -0.3 is 5.32 Å². The lowest BCUT2D eigenvalue weighted by Gasteiger charge is -2.35. The summed E-state index contributed by atoms with van der Waals surface area (Å²) < 4.78 is 1.24. The van der Waals surface area contributed by atoms with Crippen LogP contribution in [-0.2, 0) is 0 Å². The van der Waals surface area contributed by atoms with Gasteiger partial charge in [-0.15, -0.1) is 11.3 Å². The molecule has 1 aromatic heterocycles. The highest BCUT2D eigenvalue weighted by molar-refractivity contribution is 9.11.